The van der Waals surface area contributed by atoms with Gasteiger partial charge in [-0.25, -0.2) is 0 Å². The second-order valence-electron chi connectivity index (χ2n) is 17.7. The molecule has 4 aliphatic rings. The fraction of sp³-hybridized carbons (Fsp3) is 0.327. The first-order valence-electron chi connectivity index (χ1n) is 18.6. The molecule has 1 unspecified atom stereocenters. The minimum atomic E-state index is -2.99. The van der Waals surface area contributed by atoms with Gasteiger partial charge in [-0.15, -0.1) is 0 Å². The van der Waals surface area contributed by atoms with Crippen LogP contribution in [-0.2, 0) is 32.1 Å². The molecule has 0 fully saturated rings. The van der Waals surface area contributed by atoms with Gasteiger partial charge in [0.1, 0.15) is 0 Å². The average Bonchev–Trinajstić information content (AvgIpc) is 3.69. The monoisotopic (exact) mass is 800 g/mol. The maximum absolute atomic E-state index is 2.99. The van der Waals surface area contributed by atoms with Crippen molar-refractivity contribution >= 4 is 14.4 Å². The van der Waals surface area contributed by atoms with Crippen molar-refractivity contribution in [3.05, 3.63) is 162 Å². The predicted molar refractivity (Wildman–Crippen MR) is 213 cm³/mol. The molecule has 0 N–H and O–H groups in total. The molecule has 0 bridgehead atoms. The van der Waals surface area contributed by atoms with Gasteiger partial charge >= 0.3 is 311 Å². The van der Waals surface area contributed by atoms with Crippen LogP contribution in [0.5, 0.6) is 0 Å². The number of hydrogen-bond acceptors (Lipinski definition) is 0. The predicted octanol–water partition coefficient (Wildman–Crippen LogP) is 6.94. The van der Waals surface area contributed by atoms with Crippen molar-refractivity contribution < 1.29 is 46.1 Å². The number of hydrogen-bond donors (Lipinski definition) is 0. The summed E-state index contributed by atoms with van der Waals surface area (Å²) in [7, 11) is 0. The SMILES string of the molecule is CC1=CC(C)(C)c2cc3c(cc21)-c1cc2c(cc1[CH]3[Zr+2]([C]1=C(C)C(C(C)(C)C)=CC1C)=[C](c1ccccc1)c1ccccc1)C(C)(C)C=C2C.[Cl-].[Cl-]. The molecular weight excluding hydrogens is 751 g/mol. The van der Waals surface area contributed by atoms with Gasteiger partial charge < -0.3 is 24.8 Å². The van der Waals surface area contributed by atoms with Crippen LogP contribution in [-0.4, -0.2) is 3.21 Å². The molecular formula is C49H52Cl2Zr. The zero-order valence-electron chi connectivity index (χ0n) is 32.7. The van der Waals surface area contributed by atoms with Crippen molar-refractivity contribution in [1.29, 1.82) is 0 Å². The van der Waals surface area contributed by atoms with E-state index in [2.05, 4.69) is 179 Å². The van der Waals surface area contributed by atoms with Crippen LogP contribution in [0.3, 0.4) is 0 Å². The van der Waals surface area contributed by atoms with Gasteiger partial charge in [0.25, 0.3) is 0 Å². The van der Waals surface area contributed by atoms with E-state index in [0.717, 1.165) is 0 Å². The van der Waals surface area contributed by atoms with Crippen LogP contribution in [0.25, 0.3) is 22.3 Å². The Morgan fingerprint density at radius 3 is 1.42 bits per heavy atom. The Labute approximate surface area is 333 Å². The van der Waals surface area contributed by atoms with Gasteiger partial charge in [-0.2, -0.15) is 0 Å². The zero-order chi connectivity index (χ0) is 35.5. The van der Waals surface area contributed by atoms with Crippen molar-refractivity contribution in [2.75, 3.05) is 0 Å². The average molecular weight is 803 g/mol. The summed E-state index contributed by atoms with van der Waals surface area (Å²) in [5.74, 6) is 0.415. The summed E-state index contributed by atoms with van der Waals surface area (Å²) < 4.78 is 3.76. The van der Waals surface area contributed by atoms with Crippen LogP contribution in [0.2, 0.25) is 0 Å². The minimum absolute atomic E-state index is 0. The van der Waals surface area contributed by atoms with Crippen LogP contribution in [0.4, 0.5) is 0 Å². The molecule has 0 nitrogen and oxygen atoms in total. The van der Waals surface area contributed by atoms with Gasteiger partial charge in [0, 0.05) is 0 Å². The van der Waals surface area contributed by atoms with Gasteiger partial charge in [-0.1, -0.05) is 0 Å². The first-order valence-corrected chi connectivity index (χ1v) is 22.5. The van der Waals surface area contributed by atoms with E-state index < -0.39 is 21.3 Å². The third-order valence-corrected chi connectivity index (χ3v) is 21.3. The molecule has 3 heteroatoms. The minimum Gasteiger partial charge on any atom is -1.00 e. The number of allylic oxidation sites excluding steroid dienone is 8. The van der Waals surface area contributed by atoms with E-state index in [1.807, 2.05) is 0 Å². The molecule has 0 heterocycles. The van der Waals surface area contributed by atoms with Crippen LogP contribution in [0, 0.1) is 11.3 Å². The molecule has 4 aliphatic carbocycles. The van der Waals surface area contributed by atoms with Crippen molar-refractivity contribution in [3.63, 3.8) is 0 Å². The first-order chi connectivity index (χ1) is 23.6. The molecule has 0 saturated carbocycles. The number of fused-ring (bicyclic) bond motifs is 5. The molecule has 4 aromatic carbocycles. The van der Waals surface area contributed by atoms with Crippen LogP contribution in [0.15, 0.2) is 118 Å². The van der Waals surface area contributed by atoms with E-state index >= 15 is 0 Å². The van der Waals surface area contributed by atoms with Crippen LogP contribution in [0.1, 0.15) is 124 Å². The Bertz CT molecular complexity index is 2140. The van der Waals surface area contributed by atoms with Gasteiger partial charge in [0.15, 0.2) is 0 Å². The summed E-state index contributed by atoms with van der Waals surface area (Å²) in [6.07, 6.45) is 7.63. The molecule has 0 radical (unpaired) electrons. The van der Waals surface area contributed by atoms with E-state index in [0.29, 0.717) is 9.54 Å². The molecule has 0 spiro atoms. The van der Waals surface area contributed by atoms with Crippen molar-refractivity contribution in [2.24, 2.45) is 11.3 Å². The number of rotatable bonds is 4. The molecule has 1 atom stereocenters. The normalized spacial score (nSPS) is 18.9. The van der Waals surface area contributed by atoms with Crippen molar-refractivity contribution in [3.8, 4) is 11.1 Å². The summed E-state index contributed by atoms with van der Waals surface area (Å²) >= 11 is -2.99. The molecule has 52 heavy (non-hydrogen) atoms. The molecule has 266 valence electrons. The maximum atomic E-state index is 2.68. The summed E-state index contributed by atoms with van der Waals surface area (Å²) in [5, 5.41) is 0. The van der Waals surface area contributed by atoms with E-state index in [-0.39, 0.29) is 41.1 Å². The van der Waals surface area contributed by atoms with Crippen molar-refractivity contribution in [1.82, 2.24) is 0 Å². The Hall–Kier alpha value is -2.83. The molecule has 4 aromatic rings. The fourth-order valence-electron chi connectivity index (χ4n) is 10.1. The topological polar surface area (TPSA) is 0 Å². The summed E-state index contributed by atoms with van der Waals surface area (Å²) in [5.41, 5.74) is 20.8. The van der Waals surface area contributed by atoms with E-state index in [1.165, 1.54) is 55.7 Å². The Kier molecular flexibility index (Phi) is 10.1. The Balaban J connectivity index is 0.00000232. The third-order valence-electron chi connectivity index (χ3n) is 12.1. The summed E-state index contributed by atoms with van der Waals surface area (Å²) in [4.78, 5) is 0. The second-order valence-corrected chi connectivity index (χ2v) is 23.7. The molecule has 0 aliphatic heterocycles. The van der Waals surface area contributed by atoms with Gasteiger partial charge in [-0.05, 0) is 0 Å². The smallest absolute Gasteiger partial charge is 1.00 e. The maximum Gasteiger partial charge on any atom is -1.00 e. The number of halogens is 2. The second kappa shape index (κ2) is 13.5. The Morgan fingerprint density at radius 1 is 0.615 bits per heavy atom. The molecule has 0 saturated heterocycles. The number of benzene rings is 4. The van der Waals surface area contributed by atoms with E-state index in [1.54, 1.807) is 28.8 Å². The largest absolute Gasteiger partial charge is 1.00 e. The van der Waals surface area contributed by atoms with Gasteiger partial charge in [-0.3, -0.25) is 0 Å². The summed E-state index contributed by atoms with van der Waals surface area (Å²) in [6, 6.07) is 33.5. The van der Waals surface area contributed by atoms with Gasteiger partial charge in [0.05, 0.1) is 0 Å². The zero-order valence-corrected chi connectivity index (χ0v) is 36.7. The van der Waals surface area contributed by atoms with Gasteiger partial charge in [0.2, 0.25) is 0 Å². The fourth-order valence-corrected chi connectivity index (χ4v) is 20.0. The van der Waals surface area contributed by atoms with E-state index in [4.69, 9.17) is 0 Å². The third kappa shape index (κ3) is 6.03. The van der Waals surface area contributed by atoms with Crippen molar-refractivity contribution in [2.45, 2.75) is 90.6 Å². The molecule has 8 rings (SSSR count). The van der Waals surface area contributed by atoms with Crippen LogP contribution < -0.4 is 24.8 Å². The Morgan fingerprint density at radius 2 is 1.04 bits per heavy atom. The molecule has 0 aromatic heterocycles. The first kappa shape index (κ1) is 38.9. The van der Waals surface area contributed by atoms with E-state index in [9.17, 15) is 0 Å². The molecule has 0 amide bonds. The summed E-state index contributed by atoms with van der Waals surface area (Å²) in [6.45, 7) is 26.5. The standard InChI is InChI=1S/C25H25.C13H10.C11H17.2ClH.Zr/c1-14-12-24(3,4)22-8-16-7-17-9-23-19(15(2)13-25(23,5)6)11-21(17)20(16)10-18(14)22;1-3-7-12(8-4-1)11-13-9-5-2-6-10-13;1-8-6-9(2)10(7-8)11(3,4)5;;;/h7-13H,1-6H3;1-10H;7-8H,1-5H3;2*1H;/q;;;;;+2/p-2. The quantitative estimate of drug-likeness (QED) is 0.210. The van der Waals surface area contributed by atoms with Crippen LogP contribution >= 0.6 is 0 Å².